The molecule has 2 rings (SSSR count). The first-order chi connectivity index (χ1) is 10.6. The first-order valence-electron chi connectivity index (χ1n) is 8.71. The molecule has 0 fully saturated rings. The van der Waals surface area contributed by atoms with Gasteiger partial charge in [-0.05, 0) is 0 Å². The van der Waals surface area contributed by atoms with Crippen LogP contribution in [0.3, 0.4) is 0 Å². The summed E-state index contributed by atoms with van der Waals surface area (Å²) in [6, 6.07) is 0. The quantitative estimate of drug-likeness (QED) is 0.585. The Bertz CT molecular complexity index is 606. The van der Waals surface area contributed by atoms with E-state index in [0.717, 1.165) is 18.6 Å². The zero-order valence-electron chi connectivity index (χ0n) is 16.6. The molecule has 4 heteroatoms. The van der Waals surface area contributed by atoms with E-state index < -0.39 is 0 Å². The number of hydrogen-bond acceptors (Lipinski definition) is 1. The summed E-state index contributed by atoms with van der Waals surface area (Å²) in [6.45, 7) is 16.6. The van der Waals surface area contributed by atoms with Crippen molar-refractivity contribution in [2.75, 3.05) is 5.75 Å². The molecular weight excluding hydrogens is 403 g/mol. The molecule has 0 amide bonds. The topological polar surface area (TPSA) is 0 Å². The third kappa shape index (κ3) is 4.72. The molecule has 2 aliphatic carbocycles. The van der Waals surface area contributed by atoms with Crippen molar-refractivity contribution in [3.63, 3.8) is 0 Å². The number of rotatable bonds is 4. The average molecular weight is 434 g/mol. The van der Waals surface area contributed by atoms with Crippen molar-refractivity contribution in [3.8, 4) is 0 Å². The summed E-state index contributed by atoms with van der Waals surface area (Å²) in [6.07, 6.45) is 11.9. The van der Waals surface area contributed by atoms with Crippen LogP contribution in [0.1, 0.15) is 61.3 Å². The van der Waals surface area contributed by atoms with Crippen molar-refractivity contribution in [2.45, 2.75) is 66.1 Å². The summed E-state index contributed by atoms with van der Waals surface area (Å²) >= 11 is 4.46. The van der Waals surface area contributed by atoms with Gasteiger partial charge in [-0.15, -0.1) is 0 Å². The van der Waals surface area contributed by atoms with Gasteiger partial charge in [-0.1, -0.05) is 0 Å². The van der Waals surface area contributed by atoms with Gasteiger partial charge in [-0.3, -0.25) is 0 Å². The summed E-state index contributed by atoms with van der Waals surface area (Å²) in [5.41, 5.74) is 4.90. The Hall–Kier alpha value is 0.604. The Morgan fingerprint density at radius 2 is 1.76 bits per heavy atom. The first-order valence-corrected chi connectivity index (χ1v) is 10.5. The van der Waals surface area contributed by atoms with E-state index in [4.69, 9.17) is 0 Å². The molecule has 0 saturated heterocycles. The molecule has 0 saturated carbocycles. The predicted molar refractivity (Wildman–Crippen MR) is 101 cm³/mol. The molecule has 25 heavy (non-hydrogen) atoms. The molecule has 0 aromatic rings. The van der Waals surface area contributed by atoms with Crippen LogP contribution >= 0.6 is 11.8 Å². The fraction of sp³-hybridized carbons (Fsp3) is 0.619. The molecule has 0 radical (unpaired) electrons. The summed E-state index contributed by atoms with van der Waals surface area (Å²) in [4.78, 5) is 0. The summed E-state index contributed by atoms with van der Waals surface area (Å²) < 4.78 is 1.69. The Morgan fingerprint density at radius 3 is 2.20 bits per heavy atom. The predicted octanol–water partition coefficient (Wildman–Crippen LogP) is 0.596. The first kappa shape index (κ1) is 25.6. The molecular formula is C21H31Cl2STi. The normalized spacial score (nSPS) is 23.7. The molecule has 1 atom stereocenters. The molecule has 0 spiro atoms. The largest absolute Gasteiger partial charge is 1.00 e. The molecule has 0 N–H and O–H groups in total. The van der Waals surface area contributed by atoms with Gasteiger partial charge in [-0.25, -0.2) is 0 Å². The minimum absolute atomic E-state index is 0. The molecule has 139 valence electrons. The van der Waals surface area contributed by atoms with Gasteiger partial charge in [-0.2, -0.15) is 0 Å². The van der Waals surface area contributed by atoms with Gasteiger partial charge in [0, 0.05) is 0 Å². The fourth-order valence-corrected chi connectivity index (χ4v) is 6.59. The van der Waals surface area contributed by atoms with Gasteiger partial charge in [0.2, 0.25) is 0 Å². The van der Waals surface area contributed by atoms with Crippen LogP contribution in [0.2, 0.25) is 0 Å². The molecule has 0 nitrogen and oxygen atoms in total. The molecule has 0 heterocycles. The van der Waals surface area contributed by atoms with Crippen molar-refractivity contribution >= 4 is 11.8 Å². The van der Waals surface area contributed by atoms with Crippen LogP contribution in [0, 0.1) is 10.8 Å². The fourth-order valence-electron chi connectivity index (χ4n) is 4.10. The maximum Gasteiger partial charge on any atom is -1.00 e. The minimum atomic E-state index is 0. The molecule has 1 unspecified atom stereocenters. The smallest absolute Gasteiger partial charge is 1.00 e. The van der Waals surface area contributed by atoms with Crippen LogP contribution < -0.4 is 24.8 Å². The van der Waals surface area contributed by atoms with E-state index in [1.165, 1.54) is 5.57 Å². The SMILES string of the molecule is CCSC1(C(C)(C)C2=[C]([Ti+2])CC=C2)CC=C(C)C=C1C(C)(C)C.[Cl-].[Cl-]. The second-order valence-electron chi connectivity index (χ2n) is 8.34. The Kier molecular flexibility index (Phi) is 9.42. The molecule has 0 aromatic carbocycles. The van der Waals surface area contributed by atoms with E-state index in [9.17, 15) is 0 Å². The summed E-state index contributed by atoms with van der Waals surface area (Å²) in [5, 5.41) is 0. The zero-order chi connectivity index (χ0) is 17.5. The van der Waals surface area contributed by atoms with Crippen LogP contribution in [0.4, 0.5) is 0 Å². The molecule has 0 bridgehead atoms. The maximum absolute atomic E-state index is 2.47. The van der Waals surface area contributed by atoms with E-state index in [-0.39, 0.29) is 40.4 Å². The van der Waals surface area contributed by atoms with Crippen LogP contribution in [0.5, 0.6) is 0 Å². The number of halogens is 2. The van der Waals surface area contributed by atoms with E-state index >= 15 is 0 Å². The van der Waals surface area contributed by atoms with Crippen LogP contribution in [-0.4, -0.2) is 10.5 Å². The Morgan fingerprint density at radius 1 is 1.16 bits per heavy atom. The minimum Gasteiger partial charge on any atom is -1.00 e. The standard InChI is InChI=1S/C21H31S.2ClH.Ti/c1-8-22-21(20(6,7)17-11-9-10-12-17)14-13-16(2)15-18(21)19(3,4)5;;;/h9,11,13,15H,8,10,14H2,1-7H3;2*1H;/q;;;+2/p-2. The second-order valence-corrected chi connectivity index (χ2v) is 10.8. The van der Waals surface area contributed by atoms with Gasteiger partial charge < -0.3 is 24.8 Å². The molecule has 0 aliphatic heterocycles. The van der Waals surface area contributed by atoms with Gasteiger partial charge in [0.1, 0.15) is 0 Å². The summed E-state index contributed by atoms with van der Waals surface area (Å²) in [7, 11) is 0. The third-order valence-electron chi connectivity index (χ3n) is 5.33. The molecule has 2 aliphatic rings. The van der Waals surface area contributed by atoms with Gasteiger partial charge in [0.05, 0.1) is 0 Å². The van der Waals surface area contributed by atoms with E-state index in [0.29, 0.717) is 0 Å². The van der Waals surface area contributed by atoms with Crippen LogP contribution in [0.15, 0.2) is 44.9 Å². The van der Waals surface area contributed by atoms with Crippen molar-refractivity contribution < 1.29 is 45.2 Å². The van der Waals surface area contributed by atoms with Crippen molar-refractivity contribution in [1.29, 1.82) is 0 Å². The van der Waals surface area contributed by atoms with Crippen molar-refractivity contribution in [3.05, 3.63) is 44.9 Å². The zero-order valence-corrected chi connectivity index (χ0v) is 20.5. The van der Waals surface area contributed by atoms with Crippen LogP contribution in [0.25, 0.3) is 0 Å². The van der Waals surface area contributed by atoms with Crippen molar-refractivity contribution in [2.24, 2.45) is 10.8 Å². The van der Waals surface area contributed by atoms with E-state index in [1.807, 2.05) is 0 Å². The second kappa shape index (κ2) is 9.20. The van der Waals surface area contributed by atoms with Gasteiger partial charge in [0.25, 0.3) is 0 Å². The monoisotopic (exact) mass is 433 g/mol. The van der Waals surface area contributed by atoms with E-state index in [2.05, 4.69) is 105 Å². The molecule has 0 aromatic heterocycles. The van der Waals surface area contributed by atoms with Crippen molar-refractivity contribution in [1.82, 2.24) is 0 Å². The van der Waals surface area contributed by atoms with Crippen LogP contribution in [-0.2, 0) is 20.4 Å². The number of allylic oxidation sites excluding steroid dienone is 7. The van der Waals surface area contributed by atoms with Gasteiger partial charge in [0.15, 0.2) is 0 Å². The Balaban J connectivity index is 0.00000288. The third-order valence-corrected chi connectivity index (χ3v) is 7.75. The Labute approximate surface area is 183 Å². The van der Waals surface area contributed by atoms with Gasteiger partial charge >= 0.3 is 160 Å². The number of thioether (sulfide) groups is 1. The maximum atomic E-state index is 2.47. The number of hydrogen-bond donors (Lipinski definition) is 0. The summed E-state index contributed by atoms with van der Waals surface area (Å²) in [5.74, 6) is 1.15. The average Bonchev–Trinajstić information content (AvgIpc) is 2.86. The van der Waals surface area contributed by atoms with E-state index in [1.54, 1.807) is 15.0 Å².